The Hall–Kier alpha value is -1.87. The van der Waals surface area contributed by atoms with E-state index >= 15 is 0 Å². The highest BCUT2D eigenvalue weighted by atomic mass is 16.5. The van der Waals surface area contributed by atoms with E-state index in [1.165, 1.54) is 0 Å². The van der Waals surface area contributed by atoms with E-state index in [0.29, 0.717) is 6.04 Å². The summed E-state index contributed by atoms with van der Waals surface area (Å²) in [6, 6.07) is 12.2. The van der Waals surface area contributed by atoms with Crippen molar-refractivity contribution in [1.82, 2.24) is 10.3 Å². The van der Waals surface area contributed by atoms with Crippen LogP contribution in [0.2, 0.25) is 0 Å². The van der Waals surface area contributed by atoms with Crippen LogP contribution in [0, 0.1) is 6.92 Å². The molecule has 3 heteroatoms. The highest BCUT2D eigenvalue weighted by Crippen LogP contribution is 2.25. The zero-order chi connectivity index (χ0) is 13.7. The van der Waals surface area contributed by atoms with Gasteiger partial charge in [0.15, 0.2) is 0 Å². The minimum atomic E-state index is 0.436. The van der Waals surface area contributed by atoms with E-state index in [-0.39, 0.29) is 0 Å². The van der Waals surface area contributed by atoms with E-state index in [9.17, 15) is 0 Å². The second kappa shape index (κ2) is 6.34. The smallest absolute Gasteiger partial charge is 0.135 e. The van der Waals surface area contributed by atoms with Crippen LogP contribution in [-0.4, -0.2) is 11.0 Å². The summed E-state index contributed by atoms with van der Waals surface area (Å²) >= 11 is 0. The summed E-state index contributed by atoms with van der Waals surface area (Å²) in [6.07, 6.45) is 1.88. The minimum Gasteiger partial charge on any atom is -0.457 e. The fraction of sp³-hybridized carbons (Fsp3) is 0.312. The molecule has 0 aliphatic carbocycles. The van der Waals surface area contributed by atoms with Crippen LogP contribution < -0.4 is 10.1 Å². The van der Waals surface area contributed by atoms with Crippen molar-refractivity contribution >= 4 is 0 Å². The van der Waals surface area contributed by atoms with Crippen molar-refractivity contribution in [2.24, 2.45) is 0 Å². The molecule has 0 bridgehead atoms. The molecule has 3 nitrogen and oxygen atoms in total. The van der Waals surface area contributed by atoms with Crippen molar-refractivity contribution < 1.29 is 4.74 Å². The first-order chi connectivity index (χ1) is 9.15. The Labute approximate surface area is 114 Å². The van der Waals surface area contributed by atoms with Crippen molar-refractivity contribution in [1.29, 1.82) is 0 Å². The second-order valence-electron chi connectivity index (χ2n) is 4.88. The molecule has 0 fully saturated rings. The number of para-hydroxylation sites is 1. The van der Waals surface area contributed by atoms with Gasteiger partial charge in [-0.15, -0.1) is 0 Å². The van der Waals surface area contributed by atoms with Gasteiger partial charge in [0.2, 0.25) is 0 Å². The van der Waals surface area contributed by atoms with Gasteiger partial charge in [0.1, 0.15) is 11.5 Å². The normalized spacial score (nSPS) is 10.7. The van der Waals surface area contributed by atoms with Crippen LogP contribution in [0.5, 0.6) is 11.5 Å². The van der Waals surface area contributed by atoms with E-state index in [2.05, 4.69) is 24.1 Å². The fourth-order valence-corrected chi connectivity index (χ4v) is 1.72. The van der Waals surface area contributed by atoms with Crippen LogP contribution in [-0.2, 0) is 6.54 Å². The maximum atomic E-state index is 5.94. The van der Waals surface area contributed by atoms with Crippen molar-refractivity contribution in [3.8, 4) is 11.5 Å². The summed E-state index contributed by atoms with van der Waals surface area (Å²) in [4.78, 5) is 4.34. The number of benzene rings is 1. The molecule has 0 aliphatic rings. The zero-order valence-electron chi connectivity index (χ0n) is 11.7. The lowest BCUT2D eigenvalue weighted by atomic mass is 10.2. The summed E-state index contributed by atoms with van der Waals surface area (Å²) < 4.78 is 5.94. The van der Waals surface area contributed by atoms with Gasteiger partial charge in [0, 0.05) is 36.1 Å². The molecular formula is C16H20N2O. The average Bonchev–Trinajstić information content (AvgIpc) is 2.39. The third kappa shape index (κ3) is 4.07. The average molecular weight is 256 g/mol. The summed E-state index contributed by atoms with van der Waals surface area (Å²) in [5, 5.41) is 3.39. The standard InChI is InChI=1S/C16H20N2O/c1-12(2)17-10-14-11-18-13(3)9-16(14)19-15-7-5-4-6-8-15/h4-9,11-12,17H,10H2,1-3H3. The number of aromatic nitrogens is 1. The number of ether oxygens (including phenoxy) is 1. The molecule has 100 valence electrons. The van der Waals surface area contributed by atoms with Gasteiger partial charge in [-0.2, -0.15) is 0 Å². The predicted octanol–water partition coefficient (Wildman–Crippen LogP) is 3.68. The van der Waals surface area contributed by atoms with Gasteiger partial charge < -0.3 is 10.1 Å². The molecule has 1 N–H and O–H groups in total. The topological polar surface area (TPSA) is 34.1 Å². The van der Waals surface area contributed by atoms with Crippen molar-refractivity contribution in [2.45, 2.75) is 33.4 Å². The van der Waals surface area contributed by atoms with Crippen molar-refractivity contribution in [2.75, 3.05) is 0 Å². The third-order valence-electron chi connectivity index (χ3n) is 2.75. The molecule has 1 heterocycles. The van der Waals surface area contributed by atoms with Gasteiger partial charge in [-0.05, 0) is 19.1 Å². The summed E-state index contributed by atoms with van der Waals surface area (Å²) in [6.45, 7) is 6.98. The molecule has 0 unspecified atom stereocenters. The molecule has 0 radical (unpaired) electrons. The summed E-state index contributed by atoms with van der Waals surface area (Å²) in [5.74, 6) is 1.71. The van der Waals surface area contributed by atoms with E-state index in [1.807, 2.05) is 49.5 Å². The van der Waals surface area contributed by atoms with Crippen LogP contribution in [0.15, 0.2) is 42.6 Å². The van der Waals surface area contributed by atoms with E-state index in [4.69, 9.17) is 4.74 Å². The Kier molecular flexibility index (Phi) is 4.53. The maximum Gasteiger partial charge on any atom is 0.135 e. The highest BCUT2D eigenvalue weighted by molar-refractivity contribution is 5.37. The van der Waals surface area contributed by atoms with Crippen LogP contribution in [0.1, 0.15) is 25.1 Å². The number of aryl methyl sites for hydroxylation is 1. The molecule has 0 atom stereocenters. The molecular weight excluding hydrogens is 236 g/mol. The zero-order valence-corrected chi connectivity index (χ0v) is 11.7. The Morgan fingerprint density at radius 2 is 1.95 bits per heavy atom. The Morgan fingerprint density at radius 1 is 1.21 bits per heavy atom. The van der Waals surface area contributed by atoms with Crippen LogP contribution in [0.3, 0.4) is 0 Å². The van der Waals surface area contributed by atoms with Crippen LogP contribution in [0.25, 0.3) is 0 Å². The van der Waals surface area contributed by atoms with E-state index in [0.717, 1.165) is 29.3 Å². The Balaban J connectivity index is 2.19. The molecule has 2 aromatic rings. The first kappa shape index (κ1) is 13.6. The second-order valence-corrected chi connectivity index (χ2v) is 4.88. The third-order valence-corrected chi connectivity index (χ3v) is 2.75. The molecule has 0 saturated heterocycles. The van der Waals surface area contributed by atoms with Gasteiger partial charge in [0.05, 0.1) is 0 Å². The molecule has 0 spiro atoms. The number of pyridine rings is 1. The number of nitrogens with zero attached hydrogens (tertiary/aromatic N) is 1. The lowest BCUT2D eigenvalue weighted by Gasteiger charge is -2.13. The molecule has 1 aromatic heterocycles. The van der Waals surface area contributed by atoms with E-state index < -0.39 is 0 Å². The monoisotopic (exact) mass is 256 g/mol. The number of hydrogen-bond acceptors (Lipinski definition) is 3. The van der Waals surface area contributed by atoms with Crippen LogP contribution >= 0.6 is 0 Å². The predicted molar refractivity (Wildman–Crippen MR) is 77.5 cm³/mol. The van der Waals surface area contributed by atoms with Crippen molar-refractivity contribution in [3.63, 3.8) is 0 Å². The lowest BCUT2D eigenvalue weighted by Crippen LogP contribution is -2.22. The van der Waals surface area contributed by atoms with Crippen LogP contribution in [0.4, 0.5) is 0 Å². The Morgan fingerprint density at radius 3 is 2.63 bits per heavy atom. The molecule has 1 aromatic carbocycles. The fourth-order valence-electron chi connectivity index (χ4n) is 1.72. The van der Waals surface area contributed by atoms with Gasteiger partial charge >= 0.3 is 0 Å². The molecule has 0 saturated carbocycles. The minimum absolute atomic E-state index is 0.436. The Bertz CT molecular complexity index is 524. The maximum absolute atomic E-state index is 5.94. The quantitative estimate of drug-likeness (QED) is 0.886. The first-order valence-corrected chi connectivity index (χ1v) is 6.57. The first-order valence-electron chi connectivity index (χ1n) is 6.57. The van der Waals surface area contributed by atoms with Gasteiger partial charge in [-0.3, -0.25) is 4.98 Å². The number of nitrogens with one attached hydrogen (secondary N) is 1. The molecule has 0 aliphatic heterocycles. The number of rotatable bonds is 5. The number of hydrogen-bond donors (Lipinski definition) is 1. The highest BCUT2D eigenvalue weighted by Gasteiger charge is 2.07. The summed E-state index contributed by atoms with van der Waals surface area (Å²) in [7, 11) is 0. The summed E-state index contributed by atoms with van der Waals surface area (Å²) in [5.41, 5.74) is 2.03. The van der Waals surface area contributed by atoms with Gasteiger partial charge in [-0.25, -0.2) is 0 Å². The van der Waals surface area contributed by atoms with Gasteiger partial charge in [-0.1, -0.05) is 32.0 Å². The molecule has 0 amide bonds. The largest absolute Gasteiger partial charge is 0.457 e. The van der Waals surface area contributed by atoms with Gasteiger partial charge in [0.25, 0.3) is 0 Å². The van der Waals surface area contributed by atoms with E-state index in [1.54, 1.807) is 0 Å². The molecule has 19 heavy (non-hydrogen) atoms. The SMILES string of the molecule is Cc1cc(Oc2ccccc2)c(CNC(C)C)cn1. The lowest BCUT2D eigenvalue weighted by molar-refractivity contribution is 0.467. The van der Waals surface area contributed by atoms with Crippen molar-refractivity contribution in [3.05, 3.63) is 53.9 Å². The molecule has 2 rings (SSSR count).